The molecule has 1 aromatic heterocycles. The molecule has 0 atom stereocenters. The van der Waals surface area contributed by atoms with Crippen LogP contribution in [0, 0.1) is 13.8 Å². The molecule has 2 aromatic rings. The van der Waals surface area contributed by atoms with E-state index in [0.717, 1.165) is 16.8 Å². The van der Waals surface area contributed by atoms with E-state index in [2.05, 4.69) is 20.8 Å². The predicted octanol–water partition coefficient (Wildman–Crippen LogP) is 2.87. The van der Waals surface area contributed by atoms with Gasteiger partial charge in [-0.3, -0.25) is 4.79 Å². The van der Waals surface area contributed by atoms with Gasteiger partial charge in [0, 0.05) is 13.7 Å². The van der Waals surface area contributed by atoms with E-state index in [1.807, 2.05) is 26.0 Å². The summed E-state index contributed by atoms with van der Waals surface area (Å²) in [4.78, 5) is 11.8. The molecule has 0 unspecified atom stereocenters. The SMILES string of the molecule is COCCNC(=O)c1ccc(Nc2c(C)cc(C)cc2Cl)nn1. The molecule has 1 aromatic carbocycles. The molecule has 0 aliphatic heterocycles. The van der Waals surface area contributed by atoms with E-state index >= 15 is 0 Å². The lowest BCUT2D eigenvalue weighted by molar-refractivity contribution is 0.0931. The van der Waals surface area contributed by atoms with Crippen molar-refractivity contribution in [3.63, 3.8) is 0 Å². The third-order valence-electron chi connectivity index (χ3n) is 3.17. The molecule has 1 amide bonds. The summed E-state index contributed by atoms with van der Waals surface area (Å²) in [5.41, 5.74) is 3.13. The van der Waals surface area contributed by atoms with Gasteiger partial charge in [0.15, 0.2) is 11.5 Å². The van der Waals surface area contributed by atoms with Gasteiger partial charge in [0.05, 0.1) is 17.3 Å². The number of hydrogen-bond donors (Lipinski definition) is 2. The predicted molar refractivity (Wildman–Crippen MR) is 90.4 cm³/mol. The Morgan fingerprint density at radius 1 is 1.26 bits per heavy atom. The summed E-state index contributed by atoms with van der Waals surface area (Å²) in [5.74, 6) is 0.234. The first-order chi connectivity index (χ1) is 11.0. The number of ether oxygens (including phenoxy) is 1. The average Bonchev–Trinajstić information content (AvgIpc) is 2.51. The Kier molecular flexibility index (Phi) is 5.90. The first kappa shape index (κ1) is 17.2. The zero-order valence-electron chi connectivity index (χ0n) is 13.3. The average molecular weight is 335 g/mol. The molecular weight excluding hydrogens is 316 g/mol. The maximum absolute atomic E-state index is 11.8. The second-order valence-electron chi connectivity index (χ2n) is 5.12. The second kappa shape index (κ2) is 7.89. The van der Waals surface area contributed by atoms with Gasteiger partial charge in [0.2, 0.25) is 0 Å². The van der Waals surface area contributed by atoms with Crippen LogP contribution in [0.5, 0.6) is 0 Å². The number of nitrogens with one attached hydrogen (secondary N) is 2. The van der Waals surface area contributed by atoms with Crippen LogP contribution in [0.15, 0.2) is 24.3 Å². The number of amides is 1. The van der Waals surface area contributed by atoms with Crippen LogP contribution in [-0.2, 0) is 4.74 Å². The number of nitrogens with zero attached hydrogens (tertiary/aromatic N) is 2. The minimum absolute atomic E-state index is 0.248. The lowest BCUT2D eigenvalue weighted by atomic mass is 10.1. The highest BCUT2D eigenvalue weighted by Gasteiger charge is 2.10. The number of halogens is 1. The van der Waals surface area contributed by atoms with Crippen LogP contribution in [0.3, 0.4) is 0 Å². The maximum atomic E-state index is 11.8. The Labute approximate surface area is 140 Å². The fourth-order valence-corrected chi connectivity index (χ4v) is 2.45. The van der Waals surface area contributed by atoms with Crippen molar-refractivity contribution in [1.82, 2.24) is 15.5 Å². The van der Waals surface area contributed by atoms with Gasteiger partial charge >= 0.3 is 0 Å². The normalized spacial score (nSPS) is 10.4. The van der Waals surface area contributed by atoms with Crippen LogP contribution in [0.1, 0.15) is 21.6 Å². The molecule has 2 rings (SSSR count). The summed E-state index contributed by atoms with van der Waals surface area (Å²) in [6, 6.07) is 7.20. The Bertz CT molecular complexity index is 666. The summed E-state index contributed by atoms with van der Waals surface area (Å²) in [5, 5.41) is 14.4. The minimum atomic E-state index is -0.286. The smallest absolute Gasteiger partial charge is 0.271 e. The molecule has 0 spiro atoms. The summed E-state index contributed by atoms with van der Waals surface area (Å²) in [6.07, 6.45) is 0. The van der Waals surface area contributed by atoms with Crippen molar-refractivity contribution in [1.29, 1.82) is 0 Å². The van der Waals surface area contributed by atoms with Crippen LogP contribution in [0.25, 0.3) is 0 Å². The molecule has 0 aliphatic carbocycles. The number of rotatable bonds is 6. The van der Waals surface area contributed by atoms with E-state index in [1.54, 1.807) is 19.2 Å². The number of aromatic nitrogens is 2. The van der Waals surface area contributed by atoms with Gasteiger partial charge in [-0.15, -0.1) is 10.2 Å². The van der Waals surface area contributed by atoms with E-state index in [1.165, 1.54) is 0 Å². The van der Waals surface area contributed by atoms with Crippen molar-refractivity contribution < 1.29 is 9.53 Å². The van der Waals surface area contributed by atoms with E-state index in [0.29, 0.717) is 24.0 Å². The van der Waals surface area contributed by atoms with Gasteiger partial charge in [0.25, 0.3) is 5.91 Å². The van der Waals surface area contributed by atoms with Crippen molar-refractivity contribution in [3.8, 4) is 0 Å². The molecule has 7 heteroatoms. The number of carbonyl (C=O) groups excluding carboxylic acids is 1. The monoisotopic (exact) mass is 334 g/mol. The standard InChI is InChI=1S/C16H19ClN4O2/c1-10-8-11(2)15(12(17)9-10)19-14-5-4-13(20-21-14)16(22)18-6-7-23-3/h4-5,8-9H,6-7H2,1-3H3,(H,18,22)(H,19,21). The van der Waals surface area contributed by atoms with Crippen LogP contribution in [0.2, 0.25) is 5.02 Å². The van der Waals surface area contributed by atoms with Crippen molar-refractivity contribution in [2.75, 3.05) is 25.6 Å². The van der Waals surface area contributed by atoms with E-state index in [4.69, 9.17) is 16.3 Å². The first-order valence-corrected chi connectivity index (χ1v) is 7.53. The van der Waals surface area contributed by atoms with Gasteiger partial charge in [-0.25, -0.2) is 0 Å². The number of carbonyl (C=O) groups is 1. The molecule has 0 aliphatic rings. The highest BCUT2D eigenvalue weighted by Crippen LogP contribution is 2.29. The van der Waals surface area contributed by atoms with E-state index in [-0.39, 0.29) is 11.6 Å². The van der Waals surface area contributed by atoms with Gasteiger partial charge in [-0.1, -0.05) is 17.7 Å². The number of anilines is 2. The molecule has 2 N–H and O–H groups in total. The quantitative estimate of drug-likeness (QED) is 0.794. The molecule has 122 valence electrons. The molecule has 1 heterocycles. The van der Waals surface area contributed by atoms with Gasteiger partial charge in [-0.2, -0.15) is 0 Å². The third-order valence-corrected chi connectivity index (χ3v) is 3.47. The van der Waals surface area contributed by atoms with Gasteiger partial charge in [-0.05, 0) is 43.2 Å². The van der Waals surface area contributed by atoms with Crippen LogP contribution >= 0.6 is 11.6 Å². The highest BCUT2D eigenvalue weighted by atomic mass is 35.5. The summed E-state index contributed by atoms with van der Waals surface area (Å²) in [7, 11) is 1.57. The number of benzene rings is 1. The molecule has 6 nitrogen and oxygen atoms in total. The number of hydrogen-bond acceptors (Lipinski definition) is 5. The Morgan fingerprint density at radius 2 is 2.04 bits per heavy atom. The summed E-state index contributed by atoms with van der Waals surface area (Å²) < 4.78 is 4.87. The molecular formula is C16H19ClN4O2. The van der Waals surface area contributed by atoms with Gasteiger partial charge in [0.1, 0.15) is 0 Å². The summed E-state index contributed by atoms with van der Waals surface area (Å²) >= 11 is 6.25. The van der Waals surface area contributed by atoms with Crippen LogP contribution in [0.4, 0.5) is 11.5 Å². The van der Waals surface area contributed by atoms with Crippen molar-refractivity contribution in [2.24, 2.45) is 0 Å². The topological polar surface area (TPSA) is 76.1 Å². The molecule has 0 bridgehead atoms. The van der Waals surface area contributed by atoms with E-state index in [9.17, 15) is 4.79 Å². The first-order valence-electron chi connectivity index (χ1n) is 7.16. The minimum Gasteiger partial charge on any atom is -0.383 e. The van der Waals surface area contributed by atoms with Crippen molar-refractivity contribution >= 4 is 29.0 Å². The zero-order chi connectivity index (χ0) is 16.8. The molecule has 0 saturated carbocycles. The zero-order valence-corrected chi connectivity index (χ0v) is 14.1. The lowest BCUT2D eigenvalue weighted by Crippen LogP contribution is -2.27. The molecule has 0 fully saturated rings. The largest absolute Gasteiger partial charge is 0.383 e. The van der Waals surface area contributed by atoms with Crippen molar-refractivity contribution in [3.05, 3.63) is 46.1 Å². The molecule has 0 radical (unpaired) electrons. The molecule has 23 heavy (non-hydrogen) atoms. The highest BCUT2D eigenvalue weighted by molar-refractivity contribution is 6.33. The van der Waals surface area contributed by atoms with E-state index < -0.39 is 0 Å². The summed E-state index contributed by atoms with van der Waals surface area (Å²) in [6.45, 7) is 4.82. The van der Waals surface area contributed by atoms with Gasteiger partial charge < -0.3 is 15.4 Å². The fourth-order valence-electron chi connectivity index (χ4n) is 2.08. The lowest BCUT2D eigenvalue weighted by Gasteiger charge is -2.11. The fraction of sp³-hybridized carbons (Fsp3) is 0.312. The number of methoxy groups -OCH3 is 1. The Balaban J connectivity index is 2.07. The van der Waals surface area contributed by atoms with Crippen LogP contribution in [-0.4, -0.2) is 36.4 Å². The Hall–Kier alpha value is -2.18. The second-order valence-corrected chi connectivity index (χ2v) is 5.52. The third kappa shape index (κ3) is 4.64. The molecule has 0 saturated heterocycles. The Morgan fingerprint density at radius 3 is 2.65 bits per heavy atom. The number of aryl methyl sites for hydroxylation is 2. The van der Waals surface area contributed by atoms with Crippen molar-refractivity contribution in [2.45, 2.75) is 13.8 Å². The maximum Gasteiger partial charge on any atom is 0.271 e. The van der Waals surface area contributed by atoms with Crippen LogP contribution < -0.4 is 10.6 Å².